The van der Waals surface area contributed by atoms with E-state index >= 15 is 0 Å². The van der Waals surface area contributed by atoms with Crippen LogP contribution in [0.1, 0.15) is 43.7 Å². The van der Waals surface area contributed by atoms with Crippen LogP contribution in [-0.4, -0.2) is 6.54 Å². The Labute approximate surface area is 98.3 Å². The molecule has 1 unspecified atom stereocenters. The van der Waals surface area contributed by atoms with Gasteiger partial charge in [0.05, 0.1) is 0 Å². The topological polar surface area (TPSA) is 12.0 Å². The highest BCUT2D eigenvalue weighted by Crippen LogP contribution is 2.50. The molecule has 0 bridgehead atoms. The largest absolute Gasteiger partial charge is 0.307 e. The Bertz CT molecular complexity index is 373. The van der Waals surface area contributed by atoms with Gasteiger partial charge >= 0.3 is 0 Å². The predicted octanol–water partition coefficient (Wildman–Crippen LogP) is 3.24. The van der Waals surface area contributed by atoms with Gasteiger partial charge in [0.25, 0.3) is 0 Å². The molecular formula is C15H21N. The van der Waals surface area contributed by atoms with E-state index in [-0.39, 0.29) is 0 Å². The van der Waals surface area contributed by atoms with Crippen molar-refractivity contribution in [2.45, 2.75) is 44.6 Å². The lowest BCUT2D eigenvalue weighted by molar-refractivity contribution is 0.336. The maximum Gasteiger partial charge on any atom is 0.0463 e. The third kappa shape index (κ3) is 1.58. The smallest absolute Gasteiger partial charge is 0.0463 e. The molecule has 16 heavy (non-hydrogen) atoms. The fourth-order valence-electron chi connectivity index (χ4n) is 3.24. The number of aryl methyl sites for hydroxylation is 1. The maximum atomic E-state index is 3.80. The van der Waals surface area contributed by atoms with Crippen LogP contribution in [0.25, 0.3) is 0 Å². The van der Waals surface area contributed by atoms with E-state index in [1.165, 1.54) is 37.8 Å². The summed E-state index contributed by atoms with van der Waals surface area (Å²) < 4.78 is 0. The average molecular weight is 215 g/mol. The highest BCUT2D eigenvalue weighted by Gasteiger charge is 2.47. The Morgan fingerprint density at radius 2 is 2.25 bits per heavy atom. The van der Waals surface area contributed by atoms with Crippen LogP contribution in [0.2, 0.25) is 0 Å². The molecule has 86 valence electrons. The van der Waals surface area contributed by atoms with Crippen LogP contribution in [0.5, 0.6) is 0 Å². The third-order valence-electron chi connectivity index (χ3n) is 4.31. The molecule has 1 heteroatoms. The summed E-state index contributed by atoms with van der Waals surface area (Å²) in [5, 5.41) is 3.80. The minimum absolute atomic E-state index is 0.338. The van der Waals surface area contributed by atoms with Crippen molar-refractivity contribution in [1.29, 1.82) is 0 Å². The summed E-state index contributed by atoms with van der Waals surface area (Å²) in [7, 11) is 0. The zero-order chi connectivity index (χ0) is 11.0. The molecule has 1 saturated carbocycles. The maximum absolute atomic E-state index is 3.80. The van der Waals surface area contributed by atoms with Crippen molar-refractivity contribution in [2.75, 3.05) is 6.54 Å². The number of hydrogen-bond donors (Lipinski definition) is 1. The van der Waals surface area contributed by atoms with E-state index in [0.29, 0.717) is 5.54 Å². The number of benzene rings is 1. The lowest BCUT2D eigenvalue weighted by atomic mass is 9.83. The van der Waals surface area contributed by atoms with Crippen molar-refractivity contribution >= 4 is 0 Å². The molecular weight excluding hydrogens is 194 g/mol. The Kier molecular flexibility index (Phi) is 2.51. The third-order valence-corrected chi connectivity index (χ3v) is 4.31. The van der Waals surface area contributed by atoms with Crippen LogP contribution in [0.4, 0.5) is 0 Å². The molecule has 0 amide bonds. The molecule has 1 N–H and O–H groups in total. The lowest BCUT2D eigenvalue weighted by Gasteiger charge is -2.31. The van der Waals surface area contributed by atoms with E-state index in [2.05, 4.69) is 36.5 Å². The zero-order valence-corrected chi connectivity index (χ0v) is 10.1. The molecule has 3 rings (SSSR count). The monoisotopic (exact) mass is 215 g/mol. The molecule has 1 aliphatic heterocycles. The van der Waals surface area contributed by atoms with Gasteiger partial charge in [-0.25, -0.2) is 0 Å². The van der Waals surface area contributed by atoms with Crippen LogP contribution < -0.4 is 5.32 Å². The second-order valence-electron chi connectivity index (χ2n) is 5.33. The van der Waals surface area contributed by atoms with Crippen molar-refractivity contribution in [3.8, 4) is 0 Å². The van der Waals surface area contributed by atoms with Crippen LogP contribution in [0.3, 0.4) is 0 Å². The van der Waals surface area contributed by atoms with Gasteiger partial charge in [-0.3, -0.25) is 0 Å². The summed E-state index contributed by atoms with van der Waals surface area (Å²) in [4.78, 5) is 0. The Morgan fingerprint density at radius 3 is 2.88 bits per heavy atom. The number of rotatable bonds is 3. The highest BCUT2D eigenvalue weighted by atomic mass is 15.0. The summed E-state index contributed by atoms with van der Waals surface area (Å²) in [6.45, 7) is 3.44. The summed E-state index contributed by atoms with van der Waals surface area (Å²) in [5.74, 6) is 0.905. The van der Waals surface area contributed by atoms with Gasteiger partial charge in [0.2, 0.25) is 0 Å². The lowest BCUT2D eigenvalue weighted by Crippen LogP contribution is -2.39. The quantitative estimate of drug-likeness (QED) is 0.816. The molecule has 1 aromatic carbocycles. The minimum Gasteiger partial charge on any atom is -0.307 e. The molecule has 1 aliphatic carbocycles. The molecule has 0 aromatic heterocycles. The van der Waals surface area contributed by atoms with Gasteiger partial charge in [-0.05, 0) is 55.7 Å². The van der Waals surface area contributed by atoms with E-state index in [9.17, 15) is 0 Å². The van der Waals surface area contributed by atoms with Crippen molar-refractivity contribution in [2.24, 2.45) is 5.92 Å². The second-order valence-corrected chi connectivity index (χ2v) is 5.33. The van der Waals surface area contributed by atoms with E-state index in [1.807, 2.05) is 0 Å². The molecule has 2 aliphatic rings. The van der Waals surface area contributed by atoms with Crippen molar-refractivity contribution < 1.29 is 0 Å². The van der Waals surface area contributed by atoms with Crippen LogP contribution in [0.15, 0.2) is 24.3 Å². The first kappa shape index (κ1) is 10.3. The van der Waals surface area contributed by atoms with E-state index < -0.39 is 0 Å². The van der Waals surface area contributed by atoms with Gasteiger partial charge in [0, 0.05) is 5.54 Å². The zero-order valence-electron chi connectivity index (χ0n) is 10.1. The average Bonchev–Trinajstić information content (AvgIpc) is 3.08. The first-order valence-corrected chi connectivity index (χ1v) is 6.69. The Morgan fingerprint density at radius 1 is 1.38 bits per heavy atom. The molecule has 1 heterocycles. The first-order valence-electron chi connectivity index (χ1n) is 6.69. The SMILES string of the molecule is CCc1cccc(C2(C3CC3)CCCN2)c1. The van der Waals surface area contributed by atoms with E-state index in [4.69, 9.17) is 0 Å². The van der Waals surface area contributed by atoms with Crippen LogP contribution in [-0.2, 0) is 12.0 Å². The van der Waals surface area contributed by atoms with Gasteiger partial charge in [0.15, 0.2) is 0 Å². The number of hydrogen-bond acceptors (Lipinski definition) is 1. The molecule has 2 fully saturated rings. The predicted molar refractivity (Wildman–Crippen MR) is 67.5 cm³/mol. The first-order chi connectivity index (χ1) is 7.85. The van der Waals surface area contributed by atoms with Crippen LogP contribution in [0, 0.1) is 5.92 Å². The van der Waals surface area contributed by atoms with E-state index in [0.717, 1.165) is 12.3 Å². The minimum atomic E-state index is 0.338. The highest BCUT2D eigenvalue weighted by molar-refractivity contribution is 5.32. The van der Waals surface area contributed by atoms with Crippen molar-refractivity contribution in [3.63, 3.8) is 0 Å². The van der Waals surface area contributed by atoms with Gasteiger partial charge in [-0.2, -0.15) is 0 Å². The standard InChI is InChI=1S/C15H21N/c1-2-12-5-3-6-14(11-12)15(13-7-8-13)9-4-10-16-15/h3,5-6,11,13,16H,2,4,7-10H2,1H3. The second kappa shape index (κ2) is 3.89. The summed E-state index contributed by atoms with van der Waals surface area (Å²) in [5.41, 5.74) is 3.36. The number of nitrogens with one attached hydrogen (secondary N) is 1. The molecule has 1 saturated heterocycles. The summed E-state index contributed by atoms with van der Waals surface area (Å²) in [6.07, 6.45) is 6.67. The molecule has 0 spiro atoms. The molecule has 1 atom stereocenters. The summed E-state index contributed by atoms with van der Waals surface area (Å²) in [6, 6.07) is 9.24. The fourth-order valence-corrected chi connectivity index (χ4v) is 3.24. The molecule has 1 aromatic rings. The van der Waals surface area contributed by atoms with Gasteiger partial charge in [0.1, 0.15) is 0 Å². The van der Waals surface area contributed by atoms with E-state index in [1.54, 1.807) is 5.56 Å². The van der Waals surface area contributed by atoms with Gasteiger partial charge in [-0.1, -0.05) is 31.2 Å². The van der Waals surface area contributed by atoms with Crippen molar-refractivity contribution in [1.82, 2.24) is 5.32 Å². The molecule has 0 radical (unpaired) electrons. The van der Waals surface area contributed by atoms with Crippen LogP contribution >= 0.6 is 0 Å². The van der Waals surface area contributed by atoms with Gasteiger partial charge in [-0.15, -0.1) is 0 Å². The fraction of sp³-hybridized carbons (Fsp3) is 0.600. The Hall–Kier alpha value is -0.820. The van der Waals surface area contributed by atoms with Crippen molar-refractivity contribution in [3.05, 3.63) is 35.4 Å². The molecule has 1 nitrogen and oxygen atoms in total. The Balaban J connectivity index is 1.98. The summed E-state index contributed by atoms with van der Waals surface area (Å²) >= 11 is 0. The normalized spacial score (nSPS) is 29.6. The van der Waals surface area contributed by atoms with Gasteiger partial charge < -0.3 is 5.32 Å².